The molecule has 2 heteroatoms. The van der Waals surface area contributed by atoms with E-state index in [1.807, 2.05) is 6.08 Å². The highest BCUT2D eigenvalue weighted by Gasteiger charge is 2.10. The molecule has 0 spiro atoms. The third-order valence-corrected chi connectivity index (χ3v) is 2.32. The molecule has 0 aromatic rings. The Morgan fingerprint density at radius 2 is 1.86 bits per heavy atom. The summed E-state index contributed by atoms with van der Waals surface area (Å²) in [4.78, 5) is 10.8. The van der Waals surface area contributed by atoms with Gasteiger partial charge in [0.1, 0.15) is 5.78 Å². The van der Waals surface area contributed by atoms with Crippen molar-refractivity contribution >= 4 is 5.78 Å². The van der Waals surface area contributed by atoms with Gasteiger partial charge in [0.2, 0.25) is 0 Å². The number of allylic oxidation sites excluding steroid dienone is 1. The molecule has 2 atom stereocenters. The third-order valence-electron chi connectivity index (χ3n) is 2.32. The van der Waals surface area contributed by atoms with E-state index in [1.165, 1.54) is 0 Å². The number of Topliss-reactive ketones (excluding diaryl/α,β-unsaturated/α-hetero) is 1. The van der Waals surface area contributed by atoms with E-state index < -0.39 is 6.10 Å². The summed E-state index contributed by atoms with van der Waals surface area (Å²) in [5.41, 5.74) is 0. The molecule has 0 saturated heterocycles. The summed E-state index contributed by atoms with van der Waals surface area (Å²) in [7, 11) is 0. The Kier molecular flexibility index (Phi) is 6.46. The van der Waals surface area contributed by atoms with Crippen LogP contribution in [0.1, 0.15) is 40.5 Å². The van der Waals surface area contributed by atoms with Crippen molar-refractivity contribution in [2.75, 3.05) is 0 Å². The van der Waals surface area contributed by atoms with Crippen LogP contribution in [0.5, 0.6) is 0 Å². The molecule has 0 bridgehead atoms. The molecule has 1 N–H and O–H groups in total. The molecular weight excluding hydrogens is 176 g/mol. The Hall–Kier alpha value is -0.630. The molecule has 0 aliphatic carbocycles. The highest BCUT2D eigenvalue weighted by molar-refractivity contribution is 5.75. The molecular formula is C12H22O2. The Labute approximate surface area is 87.0 Å². The number of hydrogen-bond donors (Lipinski definition) is 1. The number of hydrogen-bond acceptors (Lipinski definition) is 2. The molecule has 0 saturated carbocycles. The van der Waals surface area contributed by atoms with Crippen molar-refractivity contribution < 1.29 is 9.90 Å². The minimum absolute atomic E-state index is 0.237. The first-order valence-corrected chi connectivity index (χ1v) is 5.29. The second-order valence-corrected chi connectivity index (χ2v) is 4.27. The van der Waals surface area contributed by atoms with E-state index in [4.69, 9.17) is 5.11 Å². The summed E-state index contributed by atoms with van der Waals surface area (Å²) in [6.07, 6.45) is 4.94. The molecule has 0 aliphatic rings. The molecule has 2 unspecified atom stereocenters. The first-order chi connectivity index (χ1) is 6.43. The standard InChI is InChI=1S/C12H22O2/c1-9(2)12(7-5-10(3)13)8-6-11(4)14/h5,7,9-10,12-13H,6,8H2,1-4H3/b7-5+. The van der Waals surface area contributed by atoms with Crippen LogP contribution in [0.15, 0.2) is 12.2 Å². The summed E-state index contributed by atoms with van der Waals surface area (Å²) in [6.45, 7) is 7.63. The highest BCUT2D eigenvalue weighted by Crippen LogP contribution is 2.19. The van der Waals surface area contributed by atoms with Gasteiger partial charge in [0, 0.05) is 6.42 Å². The normalized spacial score (nSPS) is 16.1. The lowest BCUT2D eigenvalue weighted by Crippen LogP contribution is -2.08. The Morgan fingerprint density at radius 3 is 2.21 bits per heavy atom. The Balaban J connectivity index is 4.09. The van der Waals surface area contributed by atoms with E-state index in [2.05, 4.69) is 13.8 Å². The van der Waals surface area contributed by atoms with Gasteiger partial charge in [-0.05, 0) is 32.1 Å². The van der Waals surface area contributed by atoms with Gasteiger partial charge in [-0.25, -0.2) is 0 Å². The predicted molar refractivity (Wildman–Crippen MR) is 59.1 cm³/mol. The van der Waals surface area contributed by atoms with Gasteiger partial charge in [-0.1, -0.05) is 26.0 Å². The largest absolute Gasteiger partial charge is 0.389 e. The quantitative estimate of drug-likeness (QED) is 0.666. The van der Waals surface area contributed by atoms with Crippen molar-refractivity contribution in [1.29, 1.82) is 0 Å². The van der Waals surface area contributed by atoms with Crippen LogP contribution >= 0.6 is 0 Å². The van der Waals surface area contributed by atoms with Gasteiger partial charge in [0.05, 0.1) is 6.10 Å². The molecule has 0 aromatic heterocycles. The lowest BCUT2D eigenvalue weighted by molar-refractivity contribution is -0.117. The average molecular weight is 198 g/mol. The van der Waals surface area contributed by atoms with Crippen LogP contribution in [0.25, 0.3) is 0 Å². The van der Waals surface area contributed by atoms with Crippen molar-refractivity contribution in [2.45, 2.75) is 46.6 Å². The SMILES string of the molecule is CC(=O)CCC(/C=C/C(C)O)C(C)C. The summed E-state index contributed by atoms with van der Waals surface area (Å²) < 4.78 is 0. The van der Waals surface area contributed by atoms with Crippen LogP contribution in [0.2, 0.25) is 0 Å². The molecule has 0 radical (unpaired) electrons. The molecule has 0 aliphatic heterocycles. The zero-order chi connectivity index (χ0) is 11.1. The van der Waals surface area contributed by atoms with E-state index >= 15 is 0 Å². The van der Waals surface area contributed by atoms with Crippen LogP contribution in [0.4, 0.5) is 0 Å². The van der Waals surface area contributed by atoms with Crippen LogP contribution in [-0.2, 0) is 4.79 Å². The van der Waals surface area contributed by atoms with Gasteiger partial charge >= 0.3 is 0 Å². The van der Waals surface area contributed by atoms with Gasteiger partial charge in [-0.2, -0.15) is 0 Å². The van der Waals surface area contributed by atoms with E-state index in [0.29, 0.717) is 18.3 Å². The van der Waals surface area contributed by atoms with E-state index in [1.54, 1.807) is 19.9 Å². The molecule has 0 rings (SSSR count). The summed E-state index contributed by atoms with van der Waals surface area (Å²) in [5.74, 6) is 1.15. The fourth-order valence-electron chi connectivity index (χ4n) is 1.33. The maximum atomic E-state index is 10.8. The van der Waals surface area contributed by atoms with Crippen molar-refractivity contribution in [3.63, 3.8) is 0 Å². The van der Waals surface area contributed by atoms with Crippen LogP contribution < -0.4 is 0 Å². The smallest absolute Gasteiger partial charge is 0.129 e. The number of ketones is 1. The van der Waals surface area contributed by atoms with Gasteiger partial charge < -0.3 is 9.90 Å². The highest BCUT2D eigenvalue weighted by atomic mass is 16.3. The minimum Gasteiger partial charge on any atom is -0.389 e. The minimum atomic E-state index is -0.395. The zero-order valence-corrected chi connectivity index (χ0v) is 9.66. The summed E-state index contributed by atoms with van der Waals surface area (Å²) >= 11 is 0. The fraction of sp³-hybridized carbons (Fsp3) is 0.750. The first-order valence-electron chi connectivity index (χ1n) is 5.29. The zero-order valence-electron chi connectivity index (χ0n) is 9.66. The molecule has 0 fully saturated rings. The first kappa shape index (κ1) is 13.4. The van der Waals surface area contributed by atoms with Gasteiger partial charge in [-0.3, -0.25) is 0 Å². The topological polar surface area (TPSA) is 37.3 Å². The van der Waals surface area contributed by atoms with Crippen LogP contribution in [0.3, 0.4) is 0 Å². The predicted octanol–water partition coefficient (Wildman–Crippen LogP) is 2.56. The number of rotatable bonds is 6. The second-order valence-electron chi connectivity index (χ2n) is 4.27. The lowest BCUT2D eigenvalue weighted by atomic mass is 9.90. The van der Waals surface area contributed by atoms with Gasteiger partial charge in [-0.15, -0.1) is 0 Å². The molecule has 14 heavy (non-hydrogen) atoms. The molecule has 82 valence electrons. The second kappa shape index (κ2) is 6.77. The van der Waals surface area contributed by atoms with E-state index in [9.17, 15) is 4.79 Å². The lowest BCUT2D eigenvalue weighted by Gasteiger charge is -2.16. The summed E-state index contributed by atoms with van der Waals surface area (Å²) in [5, 5.41) is 9.11. The molecule has 0 heterocycles. The maximum Gasteiger partial charge on any atom is 0.129 e. The van der Waals surface area contributed by atoms with Crippen molar-refractivity contribution in [1.82, 2.24) is 0 Å². The van der Waals surface area contributed by atoms with Crippen molar-refractivity contribution in [3.05, 3.63) is 12.2 Å². The van der Waals surface area contributed by atoms with Crippen LogP contribution in [-0.4, -0.2) is 17.0 Å². The Morgan fingerprint density at radius 1 is 1.29 bits per heavy atom. The Bertz CT molecular complexity index is 192. The van der Waals surface area contributed by atoms with Gasteiger partial charge in [0.25, 0.3) is 0 Å². The van der Waals surface area contributed by atoms with E-state index in [-0.39, 0.29) is 5.78 Å². The average Bonchev–Trinajstić information content (AvgIpc) is 2.02. The summed E-state index contributed by atoms with van der Waals surface area (Å²) in [6, 6.07) is 0. The number of aliphatic hydroxyl groups excluding tert-OH is 1. The van der Waals surface area contributed by atoms with E-state index in [0.717, 1.165) is 6.42 Å². The number of carbonyl (C=O) groups is 1. The third kappa shape index (κ3) is 6.84. The molecule has 2 nitrogen and oxygen atoms in total. The number of carbonyl (C=O) groups excluding carboxylic acids is 1. The monoisotopic (exact) mass is 198 g/mol. The van der Waals surface area contributed by atoms with Crippen molar-refractivity contribution in [3.8, 4) is 0 Å². The number of aliphatic hydroxyl groups is 1. The molecule has 0 amide bonds. The van der Waals surface area contributed by atoms with Gasteiger partial charge in [0.15, 0.2) is 0 Å². The van der Waals surface area contributed by atoms with Crippen LogP contribution in [0, 0.1) is 11.8 Å². The molecule has 0 aromatic carbocycles. The maximum absolute atomic E-state index is 10.8. The van der Waals surface area contributed by atoms with Crippen molar-refractivity contribution in [2.24, 2.45) is 11.8 Å². The fourth-order valence-corrected chi connectivity index (χ4v) is 1.33.